The molecule has 0 fully saturated rings. The summed E-state index contributed by atoms with van der Waals surface area (Å²) in [4.78, 5) is 38.2. The van der Waals surface area contributed by atoms with E-state index in [1.54, 1.807) is 0 Å². The molecule has 0 aliphatic carbocycles. The van der Waals surface area contributed by atoms with E-state index in [1.807, 2.05) is 0 Å². The molecule has 6 heteroatoms. The summed E-state index contributed by atoms with van der Waals surface area (Å²) in [6.07, 6.45) is 90.6. The van der Waals surface area contributed by atoms with Gasteiger partial charge in [-0.25, -0.2) is 0 Å². The molecule has 0 aromatic carbocycles. The van der Waals surface area contributed by atoms with Gasteiger partial charge in [-0.1, -0.05) is 229 Å². The highest BCUT2D eigenvalue weighted by atomic mass is 16.6. The summed E-state index contributed by atoms with van der Waals surface area (Å²) >= 11 is 0. The minimum absolute atomic E-state index is 0.119. The average Bonchev–Trinajstić information content (AvgIpc) is 3.41. The Kier molecular flexibility index (Phi) is 57.0. The number of unbranched alkanes of at least 4 members (excludes halogenated alkanes) is 12. The van der Waals surface area contributed by atoms with E-state index in [1.165, 1.54) is 12.8 Å². The van der Waals surface area contributed by atoms with Gasteiger partial charge in [0.25, 0.3) is 0 Å². The van der Waals surface area contributed by atoms with Crippen molar-refractivity contribution in [2.45, 2.75) is 232 Å². The zero-order valence-corrected chi connectivity index (χ0v) is 47.7. The Balaban J connectivity index is 4.55. The molecule has 0 bridgehead atoms. The van der Waals surface area contributed by atoms with Crippen molar-refractivity contribution in [1.82, 2.24) is 0 Å². The number of esters is 3. The SMILES string of the molecule is CC/C=C\C/C=C\C/C=C\C/C=C\C/C=C\C/C=C\CCCCCCC(=O)OCC(COC(=O)CCCC/C=C\C/C=C\C/C=C\C/C=C\CC)OC(=O)CCCCCCCC/C=C\C/C=C\C/C=C\C/C=C\CC. The molecular formula is C69H106O6. The normalized spacial score (nSPS) is 13.4. The summed E-state index contributed by atoms with van der Waals surface area (Å²) in [5.74, 6) is -1.01. The molecule has 0 N–H and O–H groups in total. The Hall–Kier alpha value is -5.23. The predicted octanol–water partition coefficient (Wildman–Crippen LogP) is 20.3. The second-order valence-corrected chi connectivity index (χ2v) is 18.8. The van der Waals surface area contributed by atoms with E-state index < -0.39 is 6.10 Å². The van der Waals surface area contributed by atoms with E-state index in [2.05, 4.69) is 191 Å². The first-order valence-corrected chi connectivity index (χ1v) is 29.6. The molecular weight excluding hydrogens is 925 g/mol. The highest BCUT2D eigenvalue weighted by Gasteiger charge is 2.19. The van der Waals surface area contributed by atoms with Crippen molar-refractivity contribution >= 4 is 17.9 Å². The van der Waals surface area contributed by atoms with Gasteiger partial charge in [0.15, 0.2) is 6.10 Å². The molecule has 0 aliphatic rings. The van der Waals surface area contributed by atoms with E-state index >= 15 is 0 Å². The van der Waals surface area contributed by atoms with Crippen molar-refractivity contribution in [2.24, 2.45) is 0 Å². The van der Waals surface area contributed by atoms with E-state index in [9.17, 15) is 14.4 Å². The molecule has 0 spiro atoms. The number of carbonyl (C=O) groups is 3. The second kappa shape index (κ2) is 61.3. The highest BCUT2D eigenvalue weighted by molar-refractivity contribution is 5.71. The van der Waals surface area contributed by atoms with Crippen LogP contribution >= 0.6 is 0 Å². The molecule has 0 amide bonds. The lowest BCUT2D eigenvalue weighted by Crippen LogP contribution is -2.30. The molecule has 0 aromatic rings. The smallest absolute Gasteiger partial charge is 0.306 e. The quantitative estimate of drug-likeness (QED) is 0.0261. The zero-order chi connectivity index (χ0) is 54.3. The van der Waals surface area contributed by atoms with Crippen LogP contribution in [0.3, 0.4) is 0 Å². The Morgan fingerprint density at radius 2 is 0.480 bits per heavy atom. The topological polar surface area (TPSA) is 78.9 Å². The van der Waals surface area contributed by atoms with E-state index in [0.29, 0.717) is 12.8 Å². The van der Waals surface area contributed by atoms with Crippen molar-refractivity contribution in [2.75, 3.05) is 13.2 Å². The summed E-state index contributed by atoms with van der Waals surface area (Å²) in [6.45, 7) is 6.21. The Morgan fingerprint density at radius 3 is 0.773 bits per heavy atom. The minimum atomic E-state index is -0.825. The molecule has 0 rings (SSSR count). The standard InChI is InChI=1S/C69H106O6/c1-4-7-10-13-16-19-22-25-28-30-32-33-34-35-37-38-41-44-47-50-53-56-59-62-68(71)74-65-66(64-73-67(70)61-58-55-52-49-46-43-40-27-24-21-18-15-12-9-6-3)75-69(72)63-60-57-54-51-48-45-42-39-36-31-29-26-23-20-17-14-11-8-5-2/h7-12,16-21,25-29,32-33,35-37,39-41,44,46,49,66H,4-6,13-15,22-24,30-31,34,38,42-43,45,47-48,50-65H2,1-3H3/b10-7-,11-8-,12-9-,19-16-,20-17-,21-18-,28-25-,29-26-,33-32-,37-35-,39-36-,40-27-,44-41-,49-46-. The van der Waals surface area contributed by atoms with Crippen LogP contribution in [-0.4, -0.2) is 37.2 Å². The van der Waals surface area contributed by atoms with Crippen LogP contribution in [0.5, 0.6) is 0 Å². The fraction of sp³-hybridized carbons (Fsp3) is 0.551. The van der Waals surface area contributed by atoms with Crippen LogP contribution in [0.1, 0.15) is 226 Å². The van der Waals surface area contributed by atoms with Gasteiger partial charge in [-0.05, 0) is 148 Å². The lowest BCUT2D eigenvalue weighted by molar-refractivity contribution is -0.167. The van der Waals surface area contributed by atoms with Crippen molar-refractivity contribution < 1.29 is 28.6 Å². The van der Waals surface area contributed by atoms with Gasteiger partial charge in [-0.3, -0.25) is 14.4 Å². The first-order chi connectivity index (χ1) is 37.0. The maximum Gasteiger partial charge on any atom is 0.306 e. The fourth-order valence-electron chi connectivity index (χ4n) is 7.37. The van der Waals surface area contributed by atoms with Gasteiger partial charge < -0.3 is 14.2 Å². The number of hydrogen-bond donors (Lipinski definition) is 0. The van der Waals surface area contributed by atoms with Crippen LogP contribution in [0.25, 0.3) is 0 Å². The van der Waals surface area contributed by atoms with Crippen LogP contribution < -0.4 is 0 Å². The average molecular weight is 1030 g/mol. The third-order valence-corrected chi connectivity index (χ3v) is 11.7. The van der Waals surface area contributed by atoms with Crippen LogP contribution in [0.2, 0.25) is 0 Å². The molecule has 0 aliphatic heterocycles. The van der Waals surface area contributed by atoms with Crippen LogP contribution in [0.4, 0.5) is 0 Å². The molecule has 75 heavy (non-hydrogen) atoms. The molecule has 0 heterocycles. The molecule has 6 nitrogen and oxygen atoms in total. The Bertz CT molecular complexity index is 1750. The molecule has 1 atom stereocenters. The van der Waals surface area contributed by atoms with Gasteiger partial charge in [0, 0.05) is 19.3 Å². The Labute approximate surface area is 460 Å². The van der Waals surface area contributed by atoms with Gasteiger partial charge in [0.05, 0.1) is 0 Å². The van der Waals surface area contributed by atoms with E-state index in [0.717, 1.165) is 167 Å². The molecule has 418 valence electrons. The first-order valence-electron chi connectivity index (χ1n) is 29.6. The third-order valence-electron chi connectivity index (χ3n) is 11.7. The van der Waals surface area contributed by atoms with Crippen LogP contribution in [-0.2, 0) is 28.6 Å². The largest absolute Gasteiger partial charge is 0.462 e. The molecule has 0 aromatic heterocycles. The van der Waals surface area contributed by atoms with Crippen molar-refractivity contribution in [3.05, 3.63) is 170 Å². The van der Waals surface area contributed by atoms with Gasteiger partial charge >= 0.3 is 17.9 Å². The van der Waals surface area contributed by atoms with Crippen molar-refractivity contribution in [3.8, 4) is 0 Å². The number of allylic oxidation sites excluding steroid dienone is 28. The number of ether oxygens (including phenoxy) is 3. The number of rotatable bonds is 51. The second-order valence-electron chi connectivity index (χ2n) is 18.8. The summed E-state index contributed by atoms with van der Waals surface area (Å²) in [7, 11) is 0. The zero-order valence-electron chi connectivity index (χ0n) is 47.7. The summed E-state index contributed by atoms with van der Waals surface area (Å²) in [6, 6.07) is 0. The van der Waals surface area contributed by atoms with E-state index in [-0.39, 0.29) is 44.0 Å². The summed E-state index contributed by atoms with van der Waals surface area (Å²) in [5, 5.41) is 0. The lowest BCUT2D eigenvalue weighted by atomic mass is 10.1. The lowest BCUT2D eigenvalue weighted by Gasteiger charge is -2.18. The molecule has 1 unspecified atom stereocenters. The predicted molar refractivity (Wildman–Crippen MR) is 325 cm³/mol. The minimum Gasteiger partial charge on any atom is -0.462 e. The Morgan fingerprint density at radius 1 is 0.267 bits per heavy atom. The molecule has 0 saturated heterocycles. The van der Waals surface area contributed by atoms with E-state index in [4.69, 9.17) is 14.2 Å². The summed E-state index contributed by atoms with van der Waals surface area (Å²) in [5.41, 5.74) is 0. The third kappa shape index (κ3) is 59.5. The fourth-order valence-corrected chi connectivity index (χ4v) is 7.37. The first kappa shape index (κ1) is 69.8. The monoisotopic (exact) mass is 1030 g/mol. The van der Waals surface area contributed by atoms with Crippen molar-refractivity contribution in [3.63, 3.8) is 0 Å². The number of hydrogen-bond acceptors (Lipinski definition) is 6. The maximum absolute atomic E-state index is 12.9. The van der Waals surface area contributed by atoms with Crippen molar-refractivity contribution in [1.29, 1.82) is 0 Å². The highest BCUT2D eigenvalue weighted by Crippen LogP contribution is 2.13. The van der Waals surface area contributed by atoms with Gasteiger partial charge in [-0.15, -0.1) is 0 Å². The van der Waals surface area contributed by atoms with Crippen LogP contribution in [0.15, 0.2) is 170 Å². The molecule has 0 saturated carbocycles. The summed E-state index contributed by atoms with van der Waals surface area (Å²) < 4.78 is 16.8. The molecule has 0 radical (unpaired) electrons. The van der Waals surface area contributed by atoms with Gasteiger partial charge in [0.2, 0.25) is 0 Å². The van der Waals surface area contributed by atoms with Gasteiger partial charge in [-0.2, -0.15) is 0 Å². The number of carbonyl (C=O) groups excluding carboxylic acids is 3. The maximum atomic E-state index is 12.9. The van der Waals surface area contributed by atoms with Crippen LogP contribution in [0, 0.1) is 0 Å². The van der Waals surface area contributed by atoms with Gasteiger partial charge in [0.1, 0.15) is 13.2 Å².